The summed E-state index contributed by atoms with van der Waals surface area (Å²) in [6.45, 7) is 4.51. The molecule has 0 aliphatic carbocycles. The van der Waals surface area contributed by atoms with E-state index in [2.05, 4.69) is 16.4 Å². The Labute approximate surface area is 137 Å². The van der Waals surface area contributed by atoms with Gasteiger partial charge < -0.3 is 5.32 Å². The summed E-state index contributed by atoms with van der Waals surface area (Å²) in [4.78, 5) is 17.9. The molecule has 2 heterocycles. The van der Waals surface area contributed by atoms with Crippen molar-refractivity contribution in [2.75, 3.05) is 0 Å². The van der Waals surface area contributed by atoms with Crippen molar-refractivity contribution >= 4 is 28.6 Å². The molecule has 112 valence electrons. The minimum Gasteiger partial charge on any atom is -0.346 e. The van der Waals surface area contributed by atoms with Crippen LogP contribution >= 0.6 is 22.7 Å². The van der Waals surface area contributed by atoms with Crippen molar-refractivity contribution < 1.29 is 4.79 Å². The van der Waals surface area contributed by atoms with E-state index in [0.29, 0.717) is 12.1 Å². The quantitative estimate of drug-likeness (QED) is 0.770. The number of thiazole rings is 1. The number of rotatable bonds is 4. The monoisotopic (exact) mass is 328 g/mol. The number of amides is 1. The molecule has 22 heavy (non-hydrogen) atoms. The van der Waals surface area contributed by atoms with Crippen molar-refractivity contribution in [3.05, 3.63) is 63.5 Å². The van der Waals surface area contributed by atoms with Gasteiger partial charge in [0.25, 0.3) is 5.91 Å². The van der Waals surface area contributed by atoms with Crippen LogP contribution in [0.2, 0.25) is 0 Å². The van der Waals surface area contributed by atoms with Crippen LogP contribution in [0.1, 0.15) is 27.2 Å². The molecule has 0 bridgehead atoms. The van der Waals surface area contributed by atoms with Gasteiger partial charge in [-0.25, -0.2) is 4.98 Å². The molecule has 3 rings (SSSR count). The second-order valence-electron chi connectivity index (χ2n) is 5.10. The average molecular weight is 328 g/mol. The van der Waals surface area contributed by atoms with Crippen molar-refractivity contribution in [3.8, 4) is 9.88 Å². The van der Waals surface area contributed by atoms with E-state index >= 15 is 0 Å². The second-order valence-corrected chi connectivity index (χ2v) is 6.91. The van der Waals surface area contributed by atoms with E-state index in [1.165, 1.54) is 5.56 Å². The van der Waals surface area contributed by atoms with Crippen molar-refractivity contribution in [1.82, 2.24) is 10.3 Å². The summed E-state index contributed by atoms with van der Waals surface area (Å²) in [7, 11) is 0. The third kappa shape index (κ3) is 3.26. The predicted octanol–water partition coefficient (Wildman–Crippen LogP) is 4.42. The highest BCUT2D eigenvalue weighted by molar-refractivity contribution is 7.20. The lowest BCUT2D eigenvalue weighted by Crippen LogP contribution is -2.23. The molecule has 0 saturated carbocycles. The molecule has 0 atom stereocenters. The minimum atomic E-state index is -0.0613. The Hall–Kier alpha value is -1.98. The molecule has 1 N–H and O–H groups in total. The van der Waals surface area contributed by atoms with Gasteiger partial charge in [-0.05, 0) is 48.6 Å². The Morgan fingerprint density at radius 1 is 1.18 bits per heavy atom. The number of hydrogen-bond acceptors (Lipinski definition) is 4. The van der Waals surface area contributed by atoms with Crippen LogP contribution in [0.5, 0.6) is 0 Å². The molecule has 2 aromatic heterocycles. The van der Waals surface area contributed by atoms with Gasteiger partial charge in [0.2, 0.25) is 0 Å². The van der Waals surface area contributed by atoms with Gasteiger partial charge in [-0.1, -0.05) is 12.1 Å². The van der Waals surface area contributed by atoms with Crippen molar-refractivity contribution in [2.45, 2.75) is 20.4 Å². The number of nitrogens with zero attached hydrogens (tertiary/aromatic N) is 1. The summed E-state index contributed by atoms with van der Waals surface area (Å²) in [5.74, 6) is -0.0613. The molecule has 0 fully saturated rings. The smallest absolute Gasteiger partial charge is 0.251 e. The number of hydrogen-bond donors (Lipinski definition) is 1. The highest BCUT2D eigenvalue weighted by atomic mass is 32.1. The van der Waals surface area contributed by atoms with Crippen LogP contribution in [-0.2, 0) is 6.54 Å². The fraction of sp³-hybridized carbons (Fsp3) is 0.176. The van der Waals surface area contributed by atoms with Crippen molar-refractivity contribution in [2.24, 2.45) is 0 Å². The van der Waals surface area contributed by atoms with E-state index in [9.17, 15) is 4.79 Å². The molecular weight excluding hydrogens is 312 g/mol. The van der Waals surface area contributed by atoms with Gasteiger partial charge in [-0.2, -0.15) is 0 Å². The summed E-state index contributed by atoms with van der Waals surface area (Å²) in [6.07, 6.45) is 0. The van der Waals surface area contributed by atoms with E-state index in [1.807, 2.05) is 48.9 Å². The maximum atomic E-state index is 12.2. The van der Waals surface area contributed by atoms with Crippen LogP contribution in [0.4, 0.5) is 0 Å². The zero-order chi connectivity index (χ0) is 15.5. The normalized spacial score (nSPS) is 10.6. The van der Waals surface area contributed by atoms with Crippen molar-refractivity contribution in [3.63, 3.8) is 0 Å². The van der Waals surface area contributed by atoms with E-state index in [4.69, 9.17) is 0 Å². The van der Waals surface area contributed by atoms with Gasteiger partial charge in [-0.15, -0.1) is 22.7 Å². The molecule has 5 heteroatoms. The van der Waals surface area contributed by atoms with Crippen LogP contribution in [0, 0.1) is 13.8 Å². The molecule has 1 amide bonds. The van der Waals surface area contributed by atoms with Gasteiger partial charge in [0.15, 0.2) is 0 Å². The van der Waals surface area contributed by atoms with Crippen LogP contribution in [0.3, 0.4) is 0 Å². The Kier molecular flexibility index (Phi) is 4.36. The molecule has 0 saturated heterocycles. The van der Waals surface area contributed by atoms with E-state index in [0.717, 1.165) is 21.1 Å². The number of thiophene rings is 1. The van der Waals surface area contributed by atoms with E-state index in [1.54, 1.807) is 22.7 Å². The van der Waals surface area contributed by atoms with Crippen LogP contribution in [-0.4, -0.2) is 10.9 Å². The molecule has 1 aromatic carbocycles. The minimum absolute atomic E-state index is 0.0613. The lowest BCUT2D eigenvalue weighted by Gasteiger charge is -2.06. The lowest BCUT2D eigenvalue weighted by atomic mass is 10.1. The van der Waals surface area contributed by atoms with Crippen molar-refractivity contribution in [1.29, 1.82) is 0 Å². The number of aromatic nitrogens is 1. The number of carbonyl (C=O) groups excluding carboxylic acids is 1. The number of benzene rings is 1. The molecule has 3 aromatic rings. The van der Waals surface area contributed by atoms with Crippen LogP contribution in [0.15, 0.2) is 41.1 Å². The first-order chi connectivity index (χ1) is 10.6. The number of aryl methyl sites for hydroxylation is 2. The fourth-order valence-electron chi connectivity index (χ4n) is 2.06. The van der Waals surface area contributed by atoms with Gasteiger partial charge >= 0.3 is 0 Å². The Balaban J connectivity index is 1.65. The molecule has 0 spiro atoms. The maximum Gasteiger partial charge on any atom is 0.251 e. The molecule has 0 unspecified atom stereocenters. The fourth-order valence-corrected chi connectivity index (χ4v) is 3.69. The van der Waals surface area contributed by atoms with Crippen LogP contribution < -0.4 is 5.32 Å². The third-order valence-electron chi connectivity index (χ3n) is 3.48. The standard InChI is InChI=1S/C17H16N2OS2/c1-11-5-6-13(8-12(11)2)16(20)18-9-14-10-22-17(19-14)15-4-3-7-21-15/h3-8,10H,9H2,1-2H3,(H,18,20). The summed E-state index contributed by atoms with van der Waals surface area (Å²) in [5.41, 5.74) is 3.90. The SMILES string of the molecule is Cc1ccc(C(=O)NCc2csc(-c3cccs3)n2)cc1C. The van der Waals surface area contributed by atoms with Gasteiger partial charge in [0.1, 0.15) is 5.01 Å². The summed E-state index contributed by atoms with van der Waals surface area (Å²) in [5, 5.41) is 7.97. The summed E-state index contributed by atoms with van der Waals surface area (Å²) in [6, 6.07) is 9.82. The second kappa shape index (κ2) is 6.42. The first-order valence-corrected chi connectivity index (χ1v) is 8.73. The van der Waals surface area contributed by atoms with E-state index in [-0.39, 0.29) is 5.91 Å². The Morgan fingerprint density at radius 2 is 2.05 bits per heavy atom. The van der Waals surface area contributed by atoms with Gasteiger partial charge in [-0.3, -0.25) is 4.79 Å². The first kappa shape index (κ1) is 14.9. The topological polar surface area (TPSA) is 42.0 Å². The molecule has 0 radical (unpaired) electrons. The van der Waals surface area contributed by atoms with Gasteiger partial charge in [0.05, 0.1) is 17.1 Å². The third-order valence-corrected chi connectivity index (χ3v) is 5.41. The molecular formula is C17H16N2OS2. The number of nitrogens with one attached hydrogen (secondary N) is 1. The largest absolute Gasteiger partial charge is 0.346 e. The highest BCUT2D eigenvalue weighted by Crippen LogP contribution is 2.27. The molecule has 3 nitrogen and oxygen atoms in total. The highest BCUT2D eigenvalue weighted by Gasteiger charge is 2.09. The average Bonchev–Trinajstić information content (AvgIpc) is 3.18. The van der Waals surface area contributed by atoms with Crippen LogP contribution in [0.25, 0.3) is 9.88 Å². The molecule has 0 aliphatic rings. The number of carbonyl (C=O) groups is 1. The maximum absolute atomic E-state index is 12.2. The first-order valence-electron chi connectivity index (χ1n) is 6.97. The Bertz CT molecular complexity index is 791. The summed E-state index contributed by atoms with van der Waals surface area (Å²) < 4.78 is 0. The lowest BCUT2D eigenvalue weighted by molar-refractivity contribution is 0.0950. The zero-order valence-corrected chi connectivity index (χ0v) is 14.1. The Morgan fingerprint density at radius 3 is 2.77 bits per heavy atom. The predicted molar refractivity (Wildman–Crippen MR) is 92.5 cm³/mol. The van der Waals surface area contributed by atoms with E-state index < -0.39 is 0 Å². The van der Waals surface area contributed by atoms with Gasteiger partial charge in [0, 0.05) is 10.9 Å². The zero-order valence-electron chi connectivity index (χ0n) is 12.4. The molecule has 0 aliphatic heterocycles. The summed E-state index contributed by atoms with van der Waals surface area (Å²) >= 11 is 3.28.